The first-order valence-electron chi connectivity index (χ1n) is 31.1. The zero-order chi connectivity index (χ0) is 60.9. The normalized spacial score (nSPS) is 11.1. The summed E-state index contributed by atoms with van der Waals surface area (Å²) in [5.41, 5.74) is 3.30. The molecule has 0 saturated heterocycles. The van der Waals surface area contributed by atoms with Gasteiger partial charge in [-0.3, -0.25) is 9.59 Å². The van der Waals surface area contributed by atoms with Crippen LogP contribution in [0.5, 0.6) is 5.75 Å². The smallest absolute Gasteiger partial charge is 0.550 e. The van der Waals surface area contributed by atoms with E-state index in [9.17, 15) is 34.2 Å². The fourth-order valence-corrected chi connectivity index (χ4v) is 9.52. The largest absolute Gasteiger partial charge is 2.00 e. The van der Waals surface area contributed by atoms with Crippen molar-refractivity contribution in [2.75, 3.05) is 33.1 Å². The van der Waals surface area contributed by atoms with E-state index in [0.29, 0.717) is 12.5 Å². The first-order chi connectivity index (χ1) is 39.5. The first kappa shape index (κ1) is 80.4. The van der Waals surface area contributed by atoms with Gasteiger partial charge in [-0.2, -0.15) is 0 Å². The minimum atomic E-state index is -2.74. The Morgan fingerprint density at radius 3 is 1.07 bits per heavy atom. The number of likely N-dealkylation sites (N-methyl/N-ethyl adjacent to an activating group) is 1. The zero-order valence-electron chi connectivity index (χ0n) is 51.5. The quantitative estimate of drug-likeness (QED) is 0.0179. The third kappa shape index (κ3) is 47.3. The van der Waals surface area contributed by atoms with Crippen molar-refractivity contribution in [3.8, 4) is 5.75 Å². The molecule has 0 aromatic heterocycles. The second-order valence-electron chi connectivity index (χ2n) is 21.8. The number of carboxylic acid groups (broad SMARTS) is 5. The van der Waals surface area contributed by atoms with Crippen LogP contribution >= 0.6 is 11.6 Å². The van der Waals surface area contributed by atoms with Crippen molar-refractivity contribution in [3.05, 3.63) is 102 Å². The molecule has 0 heterocycles. The molecular weight excluding hydrogens is 1120 g/mol. The van der Waals surface area contributed by atoms with Gasteiger partial charge >= 0.3 is 37.4 Å². The Kier molecular flexibility index (Phi) is 53.6. The van der Waals surface area contributed by atoms with Gasteiger partial charge in [-0.1, -0.05) is 266 Å². The molecule has 3 aromatic carbocycles. The van der Waals surface area contributed by atoms with Crippen LogP contribution in [-0.4, -0.2) is 93.9 Å². The van der Waals surface area contributed by atoms with Gasteiger partial charge in [0.15, 0.2) is 5.60 Å². The average Bonchev–Trinajstić information content (AvgIpc) is 3.61. The number of hydrogen-bond donors (Lipinski definition) is 4. The molecule has 0 saturated carbocycles. The summed E-state index contributed by atoms with van der Waals surface area (Å²) in [5.74, 6) is -5.36. The number of rotatable bonds is 46. The van der Waals surface area contributed by atoms with Gasteiger partial charge in [0.2, 0.25) is 0 Å². The number of nitrogens with zero attached hydrogens (tertiary/aromatic N) is 1. The second kappa shape index (κ2) is 55.3. The van der Waals surface area contributed by atoms with Crippen molar-refractivity contribution >= 4 is 52.6 Å². The van der Waals surface area contributed by atoms with Gasteiger partial charge in [0.05, 0.1) is 12.8 Å². The molecule has 464 valence electrons. The minimum Gasteiger partial charge on any atom is -0.550 e. The van der Waals surface area contributed by atoms with Crippen LogP contribution in [0.3, 0.4) is 0 Å². The predicted octanol–water partition coefficient (Wildman–Crippen LogP) is 15.0. The number of ether oxygens (including phenoxy) is 1. The van der Waals surface area contributed by atoms with Gasteiger partial charge in [0.25, 0.3) is 0 Å². The van der Waals surface area contributed by atoms with E-state index in [1.807, 2.05) is 26.2 Å². The van der Waals surface area contributed by atoms with Crippen LogP contribution in [0.25, 0.3) is 11.1 Å². The topological polar surface area (TPSA) is 225 Å². The summed E-state index contributed by atoms with van der Waals surface area (Å²) < 4.78 is 5.87. The molecule has 13 nitrogen and oxygen atoms in total. The van der Waals surface area contributed by atoms with Gasteiger partial charge in [0, 0.05) is 24.4 Å². The number of halogens is 1. The molecule has 15 heteroatoms. The third-order valence-corrected chi connectivity index (χ3v) is 14.2. The fraction of sp³-hybridized carbons (Fsp3) is 0.632. The zero-order valence-corrected chi connectivity index (χ0v) is 55.3. The van der Waals surface area contributed by atoms with Gasteiger partial charge in [-0.05, 0) is 86.2 Å². The van der Waals surface area contributed by atoms with E-state index in [-0.39, 0.29) is 32.3 Å². The Morgan fingerprint density at radius 1 is 0.470 bits per heavy atom. The number of carboxylic acids is 5. The number of carbonyl (C=O) groups is 5. The molecule has 3 aromatic rings. The van der Waals surface area contributed by atoms with Crippen molar-refractivity contribution in [2.45, 2.75) is 244 Å². The maximum Gasteiger partial charge on any atom is 2.00 e. The maximum atomic E-state index is 10.3. The first-order valence-corrected chi connectivity index (χ1v) is 31.6. The number of allylic oxidation sites excluding steroid dienone is 1. The summed E-state index contributed by atoms with van der Waals surface area (Å²) in [4.78, 5) is 53.0. The number of hydrogen-bond acceptors (Lipinski definition) is 10. The summed E-state index contributed by atoms with van der Waals surface area (Å²) in [5, 5.41) is 54.3. The second-order valence-corrected chi connectivity index (χ2v) is 22.2. The van der Waals surface area contributed by atoms with Crippen molar-refractivity contribution in [1.29, 1.82) is 0 Å². The summed E-state index contributed by atoms with van der Waals surface area (Å²) in [6.07, 6.45) is 38.2. The number of benzene rings is 3. The van der Waals surface area contributed by atoms with Crippen LogP contribution in [0.15, 0.2) is 84.9 Å². The molecule has 0 aliphatic rings. The van der Waals surface area contributed by atoms with Crippen LogP contribution in [0.2, 0.25) is 0 Å². The third-order valence-electron chi connectivity index (χ3n) is 14.0. The van der Waals surface area contributed by atoms with Gasteiger partial charge < -0.3 is 49.9 Å². The van der Waals surface area contributed by atoms with Gasteiger partial charge in [-0.25, -0.2) is 4.79 Å². The molecule has 0 unspecified atom stereocenters. The molecule has 0 bridgehead atoms. The van der Waals surface area contributed by atoms with E-state index in [1.165, 1.54) is 195 Å². The molecule has 0 aliphatic carbocycles. The van der Waals surface area contributed by atoms with Crippen molar-refractivity contribution in [2.24, 2.45) is 0 Å². The number of aliphatic hydroxyl groups is 1. The van der Waals surface area contributed by atoms with Crippen LogP contribution in [0.1, 0.15) is 255 Å². The molecule has 0 atom stereocenters. The van der Waals surface area contributed by atoms with Crippen molar-refractivity contribution in [1.82, 2.24) is 4.90 Å². The van der Waals surface area contributed by atoms with E-state index in [2.05, 4.69) is 91.5 Å². The predicted molar refractivity (Wildman–Crippen MR) is 331 cm³/mol. The van der Waals surface area contributed by atoms with Crippen LogP contribution in [0, 0.1) is 0 Å². The van der Waals surface area contributed by atoms with Crippen LogP contribution < -0.4 is 14.9 Å². The Morgan fingerprint density at radius 2 is 0.783 bits per heavy atom. The summed E-state index contributed by atoms with van der Waals surface area (Å²) >= 11 is 6.21. The summed E-state index contributed by atoms with van der Waals surface area (Å²) in [7, 11) is 4.09. The van der Waals surface area contributed by atoms with Gasteiger partial charge in [0.1, 0.15) is 12.4 Å². The standard InChI is InChI=1S/C26H28ClNO.2C18H36O2.C6H8O7.Zn/c1-28(2)19-20-29-24-15-13-23(14-16-24)26(22-11-7-4-8-12-22)25(17-18-27)21-9-5-3-6-10-21;2*1-2-3-4-5-6-7-8-9-10-11-12-13-14-15-16-17-18(19)20;7-3(8)1-6(13,5(11)12)2-4(9)10;/h3-16H,17-20H2,1-2H3;2*2-17H2,1H3,(H,19,20);13H,1-2H2,(H,7,8)(H,9,10)(H,11,12);/q;;;;+2/p-2/b26-25-;;;;. The Hall–Kier alpha value is -4.62. The van der Waals surface area contributed by atoms with E-state index >= 15 is 0 Å². The number of aliphatic carboxylic acids is 5. The van der Waals surface area contributed by atoms with Crippen molar-refractivity contribution < 1.29 is 78.8 Å². The molecular formula is C68H106ClNO12Zn. The molecule has 4 N–H and O–H groups in total. The summed E-state index contributed by atoms with van der Waals surface area (Å²) in [6.45, 7) is 6.10. The molecule has 0 spiro atoms. The number of alkyl halides is 1. The molecule has 0 radical (unpaired) electrons. The molecule has 0 fully saturated rings. The fourth-order valence-electron chi connectivity index (χ4n) is 9.33. The maximum absolute atomic E-state index is 10.3. The molecule has 0 amide bonds. The molecule has 83 heavy (non-hydrogen) atoms. The van der Waals surface area contributed by atoms with E-state index < -0.39 is 48.3 Å². The number of carbonyl (C=O) groups excluding carboxylic acids is 2. The van der Waals surface area contributed by atoms with E-state index in [1.54, 1.807) is 0 Å². The monoisotopic (exact) mass is 1230 g/mol. The van der Waals surface area contributed by atoms with Crippen LogP contribution in [0.4, 0.5) is 0 Å². The Balaban J connectivity index is 0. The SMILES string of the molecule is CCCCCCCCCCCCCCCCCC(=O)[O-].CCCCCCCCCCCCCCCCCC(=O)[O-].CN(C)CCOc1ccc(/C(=C(/CCCl)c2ccccc2)c2ccccc2)cc1.O=C(O)CC(O)(CC(=O)O)C(=O)O.[Zn+2]. The number of unbranched alkanes of at least 4 members (excludes halogenated alkanes) is 28. The van der Waals surface area contributed by atoms with E-state index in [0.717, 1.165) is 44.4 Å². The summed E-state index contributed by atoms with van der Waals surface area (Å²) in [6, 6.07) is 29.4. The molecule has 0 aliphatic heterocycles. The molecule has 3 rings (SSSR count). The van der Waals surface area contributed by atoms with Gasteiger partial charge in [-0.15, -0.1) is 11.6 Å². The minimum absolute atomic E-state index is 0. The van der Waals surface area contributed by atoms with Crippen molar-refractivity contribution in [3.63, 3.8) is 0 Å². The Bertz CT molecular complexity index is 2030. The van der Waals surface area contributed by atoms with Crippen LogP contribution in [-0.2, 0) is 43.5 Å². The average molecular weight is 1230 g/mol. The Labute approximate surface area is 518 Å². The van der Waals surface area contributed by atoms with E-state index in [4.69, 9.17) is 36.8 Å².